The molecule has 1 N–H and O–H groups in total. The van der Waals surface area contributed by atoms with Gasteiger partial charge < -0.3 is 15.0 Å². The molecule has 0 spiro atoms. The Hall–Kier alpha value is -4.34. The Morgan fingerprint density at radius 2 is 1.51 bits per heavy atom. The minimum atomic E-state index is -4.24. The smallest absolute Gasteiger partial charge is 0.264 e. The number of aryl methyl sites for hydroxylation is 1. The molecule has 0 heterocycles. The number of sulfonamides is 1. The van der Waals surface area contributed by atoms with Crippen LogP contribution >= 0.6 is 11.6 Å². The molecule has 10 heteroatoms. The van der Waals surface area contributed by atoms with Crippen LogP contribution in [-0.2, 0) is 32.6 Å². The molecule has 1 atom stereocenters. The molecule has 5 rings (SSSR count). The first-order valence-corrected chi connectivity index (χ1v) is 17.6. The lowest BCUT2D eigenvalue weighted by molar-refractivity contribution is -0.140. The summed E-state index contributed by atoms with van der Waals surface area (Å²) >= 11 is 6.16. The Kier molecular flexibility index (Phi) is 11.2. The molecule has 0 aromatic heterocycles. The van der Waals surface area contributed by atoms with Crippen molar-refractivity contribution in [1.29, 1.82) is 0 Å². The molecule has 0 bridgehead atoms. The number of methoxy groups -OCH3 is 1. The van der Waals surface area contributed by atoms with E-state index >= 15 is 0 Å². The highest BCUT2D eigenvalue weighted by atomic mass is 35.5. The van der Waals surface area contributed by atoms with Gasteiger partial charge in [-0.15, -0.1) is 0 Å². The van der Waals surface area contributed by atoms with E-state index in [4.69, 9.17) is 16.3 Å². The molecule has 1 unspecified atom stereocenters. The number of carbonyl (C=O) groups is 2. The number of halogens is 1. The van der Waals surface area contributed by atoms with Gasteiger partial charge in [0.2, 0.25) is 11.8 Å². The van der Waals surface area contributed by atoms with Crippen molar-refractivity contribution in [2.45, 2.75) is 62.6 Å². The second-order valence-electron chi connectivity index (χ2n) is 11.9. The molecule has 246 valence electrons. The van der Waals surface area contributed by atoms with Gasteiger partial charge in [0.25, 0.3) is 10.0 Å². The van der Waals surface area contributed by atoms with E-state index in [1.807, 2.05) is 61.5 Å². The number of benzene rings is 4. The van der Waals surface area contributed by atoms with Gasteiger partial charge in [-0.25, -0.2) is 8.42 Å². The maximum Gasteiger partial charge on any atom is 0.264 e. The highest BCUT2D eigenvalue weighted by molar-refractivity contribution is 7.92. The third-order valence-corrected chi connectivity index (χ3v) is 10.5. The van der Waals surface area contributed by atoms with E-state index in [2.05, 4.69) is 5.32 Å². The van der Waals surface area contributed by atoms with Crippen LogP contribution in [0.2, 0.25) is 5.02 Å². The number of nitrogens with one attached hydrogen (secondary N) is 1. The van der Waals surface area contributed by atoms with Crippen molar-refractivity contribution in [1.82, 2.24) is 10.2 Å². The Morgan fingerprint density at radius 1 is 0.872 bits per heavy atom. The van der Waals surface area contributed by atoms with Crippen LogP contribution in [0.3, 0.4) is 0 Å². The first-order valence-electron chi connectivity index (χ1n) is 15.8. The number of rotatable bonds is 13. The van der Waals surface area contributed by atoms with Gasteiger partial charge in [-0.05, 0) is 79.4 Å². The topological polar surface area (TPSA) is 96.0 Å². The lowest BCUT2D eigenvalue weighted by Gasteiger charge is -2.34. The molecular weight excluding hydrogens is 634 g/mol. The molecule has 0 aliphatic heterocycles. The van der Waals surface area contributed by atoms with Gasteiger partial charge >= 0.3 is 0 Å². The summed E-state index contributed by atoms with van der Waals surface area (Å²) in [7, 11) is -2.74. The second-order valence-corrected chi connectivity index (χ2v) is 14.2. The van der Waals surface area contributed by atoms with E-state index in [-0.39, 0.29) is 35.5 Å². The minimum Gasteiger partial charge on any atom is -0.497 e. The molecule has 0 radical (unpaired) electrons. The van der Waals surface area contributed by atoms with Crippen LogP contribution in [0.15, 0.2) is 108 Å². The predicted octanol–water partition coefficient (Wildman–Crippen LogP) is 6.55. The lowest BCUT2D eigenvalue weighted by Crippen LogP contribution is -2.54. The molecule has 8 nitrogen and oxygen atoms in total. The number of nitrogens with zero attached hydrogens (tertiary/aromatic N) is 2. The van der Waals surface area contributed by atoms with E-state index in [0.717, 1.165) is 46.7 Å². The normalized spacial score (nSPS) is 13.9. The van der Waals surface area contributed by atoms with Crippen molar-refractivity contribution in [2.24, 2.45) is 0 Å². The van der Waals surface area contributed by atoms with Gasteiger partial charge in [0.05, 0.1) is 17.7 Å². The first kappa shape index (κ1) is 34.0. The van der Waals surface area contributed by atoms with E-state index in [0.29, 0.717) is 10.8 Å². The summed E-state index contributed by atoms with van der Waals surface area (Å²) < 4.78 is 34.7. The molecule has 1 aliphatic carbocycles. The van der Waals surface area contributed by atoms with Crippen molar-refractivity contribution in [3.8, 4) is 5.75 Å². The average Bonchev–Trinajstić information content (AvgIpc) is 3.60. The summed E-state index contributed by atoms with van der Waals surface area (Å²) in [6.07, 6.45) is 4.13. The van der Waals surface area contributed by atoms with Crippen LogP contribution < -0.4 is 14.4 Å². The van der Waals surface area contributed by atoms with Gasteiger partial charge in [-0.1, -0.05) is 84.6 Å². The van der Waals surface area contributed by atoms with Crippen molar-refractivity contribution in [3.63, 3.8) is 0 Å². The zero-order valence-electron chi connectivity index (χ0n) is 26.6. The van der Waals surface area contributed by atoms with Crippen LogP contribution in [0.4, 0.5) is 5.69 Å². The Balaban J connectivity index is 1.55. The molecule has 4 aromatic carbocycles. The Bertz CT molecular complexity index is 1740. The number of anilines is 1. The third kappa shape index (κ3) is 8.73. The van der Waals surface area contributed by atoms with Crippen molar-refractivity contribution < 1.29 is 22.7 Å². The lowest BCUT2D eigenvalue weighted by atomic mass is 10.0. The maximum absolute atomic E-state index is 14.6. The van der Waals surface area contributed by atoms with Crippen molar-refractivity contribution in [3.05, 3.63) is 125 Å². The van der Waals surface area contributed by atoms with Gasteiger partial charge in [-0.3, -0.25) is 13.9 Å². The van der Waals surface area contributed by atoms with Gasteiger partial charge in [0, 0.05) is 24.0 Å². The van der Waals surface area contributed by atoms with Crippen LogP contribution in [0.25, 0.3) is 0 Å². The van der Waals surface area contributed by atoms with Gasteiger partial charge in [-0.2, -0.15) is 0 Å². The molecule has 1 fully saturated rings. The second kappa shape index (κ2) is 15.5. The quantitative estimate of drug-likeness (QED) is 0.174. The van der Waals surface area contributed by atoms with Crippen molar-refractivity contribution >= 4 is 39.1 Å². The van der Waals surface area contributed by atoms with Crippen molar-refractivity contribution in [2.75, 3.05) is 18.0 Å². The third-order valence-electron chi connectivity index (χ3n) is 8.49. The zero-order chi connectivity index (χ0) is 33.4. The summed E-state index contributed by atoms with van der Waals surface area (Å²) in [5.74, 6) is -0.267. The largest absolute Gasteiger partial charge is 0.497 e. The minimum absolute atomic E-state index is 0.00838. The summed E-state index contributed by atoms with van der Waals surface area (Å²) in [6, 6.07) is 28.8. The highest BCUT2D eigenvalue weighted by Crippen LogP contribution is 2.28. The highest BCUT2D eigenvalue weighted by Gasteiger charge is 2.35. The van der Waals surface area contributed by atoms with Gasteiger partial charge in [0.1, 0.15) is 18.3 Å². The number of hydrogen-bond acceptors (Lipinski definition) is 5. The molecule has 0 saturated heterocycles. The number of ether oxygens (including phenoxy) is 1. The molecular formula is C37H40ClN3O5S. The Morgan fingerprint density at radius 3 is 2.13 bits per heavy atom. The molecule has 47 heavy (non-hydrogen) atoms. The van der Waals surface area contributed by atoms with E-state index in [1.165, 1.54) is 24.1 Å². The Labute approximate surface area is 282 Å². The van der Waals surface area contributed by atoms with E-state index < -0.39 is 28.5 Å². The van der Waals surface area contributed by atoms with Crippen LogP contribution in [-0.4, -0.2) is 50.9 Å². The van der Waals surface area contributed by atoms with Crippen LogP contribution in [0.5, 0.6) is 5.75 Å². The van der Waals surface area contributed by atoms with Crippen LogP contribution in [0.1, 0.15) is 42.4 Å². The number of carbonyl (C=O) groups excluding carboxylic acids is 2. The van der Waals surface area contributed by atoms with Gasteiger partial charge in [0.15, 0.2) is 0 Å². The maximum atomic E-state index is 14.6. The fourth-order valence-electron chi connectivity index (χ4n) is 5.82. The molecule has 4 aromatic rings. The van der Waals surface area contributed by atoms with E-state index in [1.54, 1.807) is 36.4 Å². The fourth-order valence-corrected chi connectivity index (χ4v) is 7.36. The monoisotopic (exact) mass is 673 g/mol. The fraction of sp³-hybridized carbons (Fsp3) is 0.297. The SMILES string of the molecule is COc1ccc(S(=O)(=O)N(CC(=O)N(Cc2ccc(C)cc2)C(Cc2ccccc2)C(=O)NC2CCCC2)c2ccc(Cl)cc2)cc1. The molecule has 2 amide bonds. The summed E-state index contributed by atoms with van der Waals surface area (Å²) in [4.78, 5) is 30.2. The first-order chi connectivity index (χ1) is 22.6. The standard InChI is InChI=1S/C37H40ClN3O5S/c1-27-12-14-29(15-13-27)25-40(35(24-28-8-4-3-5-9-28)37(43)39-31-10-6-7-11-31)36(42)26-41(32-18-16-30(38)17-19-32)47(44,45)34-22-20-33(46-2)21-23-34/h3-5,8-9,12-23,31,35H,6-7,10-11,24-26H2,1-2H3,(H,39,43). The number of hydrogen-bond donors (Lipinski definition) is 1. The molecule has 1 saturated carbocycles. The van der Waals surface area contributed by atoms with Crippen LogP contribution in [0, 0.1) is 6.92 Å². The summed E-state index contributed by atoms with van der Waals surface area (Å²) in [5, 5.41) is 3.62. The molecule has 1 aliphatic rings. The number of amides is 2. The average molecular weight is 674 g/mol. The summed E-state index contributed by atoms with van der Waals surface area (Å²) in [5.41, 5.74) is 3.04. The predicted molar refractivity (Wildman–Crippen MR) is 185 cm³/mol. The summed E-state index contributed by atoms with van der Waals surface area (Å²) in [6.45, 7) is 1.56. The zero-order valence-corrected chi connectivity index (χ0v) is 28.2. The van der Waals surface area contributed by atoms with E-state index in [9.17, 15) is 18.0 Å².